The van der Waals surface area contributed by atoms with Gasteiger partial charge < -0.3 is 15.2 Å². The second-order valence-corrected chi connectivity index (χ2v) is 6.03. The van der Waals surface area contributed by atoms with Crippen LogP contribution in [0.2, 0.25) is 0 Å². The molecule has 0 unspecified atom stereocenters. The Labute approximate surface area is 129 Å². The van der Waals surface area contributed by atoms with E-state index in [0.29, 0.717) is 6.54 Å². The minimum atomic E-state index is -0.478. The van der Waals surface area contributed by atoms with Crippen molar-refractivity contribution >= 4 is 15.9 Å². The van der Waals surface area contributed by atoms with Crippen LogP contribution in [0.3, 0.4) is 0 Å². The molecule has 1 heterocycles. The van der Waals surface area contributed by atoms with Crippen LogP contribution >= 0.6 is 15.9 Å². The number of hydrogen-bond donors (Lipinski definition) is 2. The van der Waals surface area contributed by atoms with Crippen molar-refractivity contribution in [2.75, 3.05) is 39.3 Å². The van der Waals surface area contributed by atoms with Crippen molar-refractivity contribution in [2.45, 2.75) is 19.1 Å². The van der Waals surface area contributed by atoms with Gasteiger partial charge in [-0.3, -0.25) is 4.90 Å². The molecule has 5 heteroatoms. The zero-order valence-electron chi connectivity index (χ0n) is 11.9. The molecule has 0 spiro atoms. The number of nitrogens with one attached hydrogen (secondary N) is 1. The first-order valence-electron chi connectivity index (χ1n) is 7.17. The molecule has 1 aromatic rings. The third-order valence-electron chi connectivity index (χ3n) is 3.63. The van der Waals surface area contributed by atoms with Crippen LogP contribution < -0.4 is 5.32 Å². The number of aliphatic hydroxyl groups is 1. The molecule has 1 fully saturated rings. The van der Waals surface area contributed by atoms with Gasteiger partial charge in [-0.1, -0.05) is 35.0 Å². The van der Waals surface area contributed by atoms with Gasteiger partial charge in [0.15, 0.2) is 0 Å². The Morgan fingerprint density at radius 2 is 2.20 bits per heavy atom. The Balaban J connectivity index is 1.71. The van der Waals surface area contributed by atoms with E-state index in [1.807, 2.05) is 24.3 Å². The van der Waals surface area contributed by atoms with Crippen LogP contribution in [0.4, 0.5) is 0 Å². The molecule has 112 valence electrons. The molecule has 0 saturated carbocycles. The number of nitrogens with zero attached hydrogens (tertiary/aromatic N) is 1. The molecule has 0 aromatic heterocycles. The van der Waals surface area contributed by atoms with E-state index in [9.17, 15) is 5.11 Å². The lowest BCUT2D eigenvalue weighted by Gasteiger charge is -2.32. The lowest BCUT2D eigenvalue weighted by molar-refractivity contribution is -0.0262. The molecule has 1 saturated heterocycles. The summed E-state index contributed by atoms with van der Waals surface area (Å²) < 4.78 is 6.75. The third-order valence-corrected chi connectivity index (χ3v) is 4.16. The highest BCUT2D eigenvalue weighted by molar-refractivity contribution is 9.10. The molecule has 1 aliphatic heterocycles. The highest BCUT2D eigenvalue weighted by Crippen LogP contribution is 2.16. The van der Waals surface area contributed by atoms with Crippen molar-refractivity contribution in [2.24, 2.45) is 0 Å². The molecule has 0 radical (unpaired) electrons. The van der Waals surface area contributed by atoms with Gasteiger partial charge in [0.05, 0.1) is 18.8 Å². The largest absolute Gasteiger partial charge is 0.387 e. The zero-order chi connectivity index (χ0) is 14.4. The number of halogens is 1. The molecule has 0 amide bonds. The molecule has 4 nitrogen and oxygen atoms in total. The highest BCUT2D eigenvalue weighted by atomic mass is 79.9. The van der Waals surface area contributed by atoms with Gasteiger partial charge in [0.25, 0.3) is 0 Å². The maximum absolute atomic E-state index is 10.1. The summed E-state index contributed by atoms with van der Waals surface area (Å²) in [7, 11) is 0. The summed E-state index contributed by atoms with van der Waals surface area (Å²) in [6.45, 7) is 7.37. The Morgan fingerprint density at radius 1 is 1.45 bits per heavy atom. The minimum absolute atomic E-state index is 0.223. The van der Waals surface area contributed by atoms with Crippen LogP contribution in [-0.2, 0) is 4.74 Å². The average molecular weight is 343 g/mol. The van der Waals surface area contributed by atoms with Gasteiger partial charge in [-0.25, -0.2) is 0 Å². The second kappa shape index (κ2) is 8.10. The summed E-state index contributed by atoms with van der Waals surface area (Å²) >= 11 is 3.39. The Kier molecular flexibility index (Phi) is 6.45. The first-order valence-corrected chi connectivity index (χ1v) is 7.96. The molecular weight excluding hydrogens is 320 g/mol. The van der Waals surface area contributed by atoms with Crippen molar-refractivity contribution in [3.8, 4) is 0 Å². The van der Waals surface area contributed by atoms with E-state index in [1.54, 1.807) is 0 Å². The topological polar surface area (TPSA) is 44.7 Å². The van der Waals surface area contributed by atoms with Crippen molar-refractivity contribution in [3.05, 3.63) is 34.3 Å². The minimum Gasteiger partial charge on any atom is -0.387 e. The summed E-state index contributed by atoms with van der Waals surface area (Å²) in [4.78, 5) is 2.39. The van der Waals surface area contributed by atoms with E-state index in [0.717, 1.165) is 42.8 Å². The molecule has 2 N–H and O–H groups in total. The Bertz CT molecular complexity index is 399. The number of likely N-dealkylation sites (N-methyl/N-ethyl adjacent to an activating group) is 1. The van der Waals surface area contributed by atoms with Crippen LogP contribution in [0.5, 0.6) is 0 Å². The molecule has 20 heavy (non-hydrogen) atoms. The van der Waals surface area contributed by atoms with Gasteiger partial charge in [0.2, 0.25) is 0 Å². The third kappa shape index (κ3) is 4.82. The summed E-state index contributed by atoms with van der Waals surface area (Å²) in [5.74, 6) is 0. The zero-order valence-corrected chi connectivity index (χ0v) is 13.5. The number of rotatable bonds is 6. The number of benzene rings is 1. The fourth-order valence-corrected chi connectivity index (χ4v) is 2.64. The van der Waals surface area contributed by atoms with E-state index in [4.69, 9.17) is 4.74 Å². The fraction of sp³-hybridized carbons (Fsp3) is 0.600. The Morgan fingerprint density at radius 3 is 2.90 bits per heavy atom. The number of hydrogen-bond acceptors (Lipinski definition) is 4. The van der Waals surface area contributed by atoms with Crippen molar-refractivity contribution in [1.29, 1.82) is 0 Å². The first kappa shape index (κ1) is 15.9. The molecule has 0 bridgehead atoms. The van der Waals surface area contributed by atoms with Gasteiger partial charge in [-0.05, 0) is 24.2 Å². The summed E-state index contributed by atoms with van der Waals surface area (Å²) in [5, 5.41) is 13.4. The predicted octanol–water partition coefficient (Wildman–Crippen LogP) is 1.79. The summed E-state index contributed by atoms with van der Waals surface area (Å²) in [5.41, 5.74) is 0.931. The van der Waals surface area contributed by atoms with Crippen LogP contribution in [0.15, 0.2) is 28.7 Å². The lowest BCUT2D eigenvalue weighted by Crippen LogP contribution is -2.46. The first-order chi connectivity index (χ1) is 9.69. The Hall–Kier alpha value is -0.460. The monoisotopic (exact) mass is 342 g/mol. The maximum Gasteiger partial charge on any atom is 0.0914 e. The van der Waals surface area contributed by atoms with Crippen molar-refractivity contribution in [1.82, 2.24) is 10.2 Å². The fourth-order valence-electron chi connectivity index (χ4n) is 2.37. The van der Waals surface area contributed by atoms with Gasteiger partial charge in [-0.2, -0.15) is 0 Å². The van der Waals surface area contributed by atoms with E-state index in [1.165, 1.54) is 0 Å². The van der Waals surface area contributed by atoms with Gasteiger partial charge in [0.1, 0.15) is 0 Å². The van der Waals surface area contributed by atoms with E-state index >= 15 is 0 Å². The normalized spacial score (nSPS) is 21.9. The van der Waals surface area contributed by atoms with E-state index in [2.05, 4.69) is 33.1 Å². The number of ether oxygens (including phenoxy) is 1. The van der Waals surface area contributed by atoms with E-state index < -0.39 is 6.10 Å². The maximum atomic E-state index is 10.1. The molecule has 0 aliphatic carbocycles. The smallest absolute Gasteiger partial charge is 0.0914 e. The van der Waals surface area contributed by atoms with Crippen LogP contribution in [0.1, 0.15) is 18.6 Å². The molecule has 1 aromatic carbocycles. The van der Waals surface area contributed by atoms with Gasteiger partial charge in [-0.15, -0.1) is 0 Å². The predicted molar refractivity (Wildman–Crippen MR) is 83.8 cm³/mol. The molecule has 2 atom stereocenters. The quantitative estimate of drug-likeness (QED) is 0.827. The van der Waals surface area contributed by atoms with Crippen LogP contribution in [0.25, 0.3) is 0 Å². The van der Waals surface area contributed by atoms with Crippen LogP contribution in [0, 0.1) is 0 Å². The molecular formula is C15H23BrN2O2. The van der Waals surface area contributed by atoms with Gasteiger partial charge in [0, 0.05) is 30.7 Å². The van der Waals surface area contributed by atoms with Crippen LogP contribution in [-0.4, -0.2) is 55.4 Å². The molecule has 1 aliphatic rings. The number of morpholine rings is 1. The van der Waals surface area contributed by atoms with Gasteiger partial charge >= 0.3 is 0 Å². The number of aliphatic hydroxyl groups excluding tert-OH is 1. The lowest BCUT2D eigenvalue weighted by atomic mass is 10.1. The van der Waals surface area contributed by atoms with E-state index in [-0.39, 0.29) is 6.10 Å². The SMILES string of the molecule is CCN1CCO[C@H](CNC[C@@H](O)c2ccc(Br)cc2)C1. The van der Waals surface area contributed by atoms with Crippen molar-refractivity contribution in [3.63, 3.8) is 0 Å². The average Bonchev–Trinajstić information content (AvgIpc) is 2.48. The van der Waals surface area contributed by atoms with Crippen molar-refractivity contribution < 1.29 is 9.84 Å². The highest BCUT2D eigenvalue weighted by Gasteiger charge is 2.19. The standard InChI is InChI=1S/C15H23BrN2O2/c1-2-18-7-8-20-14(11-18)9-17-10-15(19)12-3-5-13(16)6-4-12/h3-6,14-15,17,19H,2,7-11H2,1H3/t14-,15-/m1/s1. The summed E-state index contributed by atoms with van der Waals surface area (Å²) in [6, 6.07) is 7.77. The molecule has 2 rings (SSSR count). The second-order valence-electron chi connectivity index (χ2n) is 5.11. The summed E-state index contributed by atoms with van der Waals surface area (Å²) in [6.07, 6.45) is -0.255.